The van der Waals surface area contributed by atoms with Crippen molar-refractivity contribution >= 4 is 5.97 Å². The Bertz CT molecular complexity index is 246. The molecule has 1 aliphatic carbocycles. The Kier molecular flexibility index (Phi) is 3.85. The van der Waals surface area contributed by atoms with Gasteiger partial charge in [-0.05, 0) is 50.5 Å². The van der Waals surface area contributed by atoms with Crippen molar-refractivity contribution in [2.75, 3.05) is 13.1 Å². The molecule has 0 aromatic rings. The fourth-order valence-electron chi connectivity index (χ4n) is 3.22. The van der Waals surface area contributed by atoms with Gasteiger partial charge in [-0.1, -0.05) is 6.92 Å². The van der Waals surface area contributed by atoms with E-state index in [9.17, 15) is 4.79 Å². The van der Waals surface area contributed by atoms with Crippen molar-refractivity contribution in [3.63, 3.8) is 0 Å². The molecule has 1 heterocycles. The van der Waals surface area contributed by atoms with Crippen LogP contribution in [0.2, 0.25) is 0 Å². The standard InChI is InChI=1S/C13H23NO2/c1-10-2-4-12(5-3-10)14-7-6-11(9-14)8-13(15)16/h10-12H,2-9H2,1H3,(H,15,16). The van der Waals surface area contributed by atoms with Crippen molar-refractivity contribution in [3.8, 4) is 0 Å². The average molecular weight is 225 g/mol. The first-order valence-electron chi connectivity index (χ1n) is 6.61. The molecule has 0 aromatic heterocycles. The lowest BCUT2D eigenvalue weighted by Gasteiger charge is -2.33. The number of carbonyl (C=O) groups is 1. The summed E-state index contributed by atoms with van der Waals surface area (Å²) < 4.78 is 0. The van der Waals surface area contributed by atoms with Crippen LogP contribution in [0, 0.1) is 11.8 Å². The van der Waals surface area contributed by atoms with Crippen LogP contribution in [0.1, 0.15) is 45.4 Å². The van der Waals surface area contributed by atoms with Gasteiger partial charge in [0.05, 0.1) is 0 Å². The minimum Gasteiger partial charge on any atom is -0.481 e. The number of nitrogens with zero attached hydrogens (tertiary/aromatic N) is 1. The number of aliphatic carboxylic acids is 1. The monoisotopic (exact) mass is 225 g/mol. The number of carboxylic acid groups (broad SMARTS) is 1. The first-order valence-corrected chi connectivity index (χ1v) is 6.61. The van der Waals surface area contributed by atoms with E-state index in [0.29, 0.717) is 12.3 Å². The Labute approximate surface area is 97.8 Å². The lowest BCUT2D eigenvalue weighted by Crippen LogP contribution is -2.36. The number of likely N-dealkylation sites (tertiary alicyclic amines) is 1. The van der Waals surface area contributed by atoms with E-state index in [4.69, 9.17) is 5.11 Å². The van der Waals surface area contributed by atoms with Crippen LogP contribution in [0.4, 0.5) is 0 Å². The quantitative estimate of drug-likeness (QED) is 0.801. The zero-order valence-electron chi connectivity index (χ0n) is 10.2. The van der Waals surface area contributed by atoms with Crippen molar-refractivity contribution in [3.05, 3.63) is 0 Å². The summed E-state index contributed by atoms with van der Waals surface area (Å²) in [5.74, 6) is 0.662. The highest BCUT2D eigenvalue weighted by molar-refractivity contribution is 5.67. The Hall–Kier alpha value is -0.570. The molecule has 92 valence electrons. The van der Waals surface area contributed by atoms with Crippen LogP contribution >= 0.6 is 0 Å². The molecule has 0 radical (unpaired) electrons. The van der Waals surface area contributed by atoms with E-state index in [0.717, 1.165) is 31.5 Å². The third-order valence-electron chi connectivity index (χ3n) is 4.28. The Morgan fingerprint density at radius 2 is 1.94 bits per heavy atom. The molecule has 0 amide bonds. The second-order valence-electron chi connectivity index (χ2n) is 5.66. The summed E-state index contributed by atoms with van der Waals surface area (Å²) in [6, 6.07) is 0.745. The van der Waals surface area contributed by atoms with Gasteiger partial charge in [0.25, 0.3) is 0 Å². The first kappa shape index (κ1) is 11.9. The molecule has 16 heavy (non-hydrogen) atoms. The lowest BCUT2D eigenvalue weighted by atomic mass is 9.87. The van der Waals surface area contributed by atoms with Gasteiger partial charge in [0.2, 0.25) is 0 Å². The van der Waals surface area contributed by atoms with Gasteiger partial charge < -0.3 is 10.0 Å². The zero-order chi connectivity index (χ0) is 11.5. The minimum atomic E-state index is -0.635. The molecular weight excluding hydrogens is 202 g/mol. The second-order valence-corrected chi connectivity index (χ2v) is 5.66. The van der Waals surface area contributed by atoms with Gasteiger partial charge in [-0.3, -0.25) is 4.79 Å². The van der Waals surface area contributed by atoms with E-state index in [1.54, 1.807) is 0 Å². The highest BCUT2D eigenvalue weighted by Crippen LogP contribution is 2.31. The SMILES string of the molecule is CC1CCC(N2CCC(CC(=O)O)C2)CC1. The number of rotatable bonds is 3. The summed E-state index contributed by atoms with van der Waals surface area (Å²) in [7, 11) is 0. The molecule has 1 atom stereocenters. The van der Waals surface area contributed by atoms with Gasteiger partial charge in [-0.2, -0.15) is 0 Å². The van der Waals surface area contributed by atoms with Crippen molar-refractivity contribution < 1.29 is 9.90 Å². The summed E-state index contributed by atoms with van der Waals surface area (Å²) in [5, 5.41) is 8.79. The maximum Gasteiger partial charge on any atom is 0.303 e. The predicted octanol–water partition coefficient (Wildman–Crippen LogP) is 2.36. The number of carboxylic acids is 1. The third-order valence-corrected chi connectivity index (χ3v) is 4.28. The topological polar surface area (TPSA) is 40.5 Å². The third kappa shape index (κ3) is 2.97. The van der Waals surface area contributed by atoms with Crippen LogP contribution in [-0.4, -0.2) is 35.1 Å². The lowest BCUT2D eigenvalue weighted by molar-refractivity contribution is -0.138. The zero-order valence-corrected chi connectivity index (χ0v) is 10.2. The van der Waals surface area contributed by atoms with E-state index < -0.39 is 5.97 Å². The van der Waals surface area contributed by atoms with Gasteiger partial charge in [0.15, 0.2) is 0 Å². The number of hydrogen-bond acceptors (Lipinski definition) is 2. The molecule has 1 aliphatic heterocycles. The minimum absolute atomic E-state index is 0.361. The Balaban J connectivity index is 1.77. The fraction of sp³-hybridized carbons (Fsp3) is 0.923. The maximum atomic E-state index is 10.7. The van der Waals surface area contributed by atoms with Gasteiger partial charge in [0.1, 0.15) is 0 Å². The van der Waals surface area contributed by atoms with Crippen LogP contribution in [0.5, 0.6) is 0 Å². The molecule has 1 saturated carbocycles. The fourth-order valence-corrected chi connectivity index (χ4v) is 3.22. The molecule has 1 N–H and O–H groups in total. The predicted molar refractivity (Wildman–Crippen MR) is 63.4 cm³/mol. The van der Waals surface area contributed by atoms with Gasteiger partial charge in [-0.15, -0.1) is 0 Å². The van der Waals surface area contributed by atoms with Crippen LogP contribution in [-0.2, 0) is 4.79 Å². The normalized spacial score (nSPS) is 36.4. The molecule has 3 nitrogen and oxygen atoms in total. The maximum absolute atomic E-state index is 10.7. The molecule has 0 aromatic carbocycles. The van der Waals surface area contributed by atoms with E-state index in [-0.39, 0.29) is 0 Å². The van der Waals surface area contributed by atoms with Crippen LogP contribution in [0.25, 0.3) is 0 Å². The molecular formula is C13H23NO2. The highest BCUT2D eigenvalue weighted by Gasteiger charge is 2.31. The Morgan fingerprint density at radius 3 is 2.56 bits per heavy atom. The van der Waals surface area contributed by atoms with Gasteiger partial charge in [-0.25, -0.2) is 0 Å². The molecule has 0 bridgehead atoms. The van der Waals surface area contributed by atoms with E-state index in [1.165, 1.54) is 25.7 Å². The summed E-state index contributed by atoms with van der Waals surface area (Å²) in [6.45, 7) is 4.48. The van der Waals surface area contributed by atoms with Crippen molar-refractivity contribution in [1.29, 1.82) is 0 Å². The molecule has 1 unspecified atom stereocenters. The summed E-state index contributed by atoms with van der Waals surface area (Å²) >= 11 is 0. The van der Waals surface area contributed by atoms with Crippen LogP contribution < -0.4 is 0 Å². The molecule has 0 spiro atoms. The summed E-state index contributed by atoms with van der Waals surface area (Å²) in [4.78, 5) is 13.2. The van der Waals surface area contributed by atoms with Crippen molar-refractivity contribution in [2.45, 2.75) is 51.5 Å². The van der Waals surface area contributed by atoms with E-state index in [1.807, 2.05) is 0 Å². The van der Waals surface area contributed by atoms with E-state index in [2.05, 4.69) is 11.8 Å². The molecule has 2 rings (SSSR count). The van der Waals surface area contributed by atoms with Crippen LogP contribution in [0.15, 0.2) is 0 Å². The molecule has 2 aliphatic rings. The van der Waals surface area contributed by atoms with Crippen molar-refractivity contribution in [2.24, 2.45) is 11.8 Å². The summed E-state index contributed by atoms with van der Waals surface area (Å²) in [5.41, 5.74) is 0. The first-order chi connectivity index (χ1) is 7.65. The average Bonchev–Trinajstić information content (AvgIpc) is 2.66. The van der Waals surface area contributed by atoms with Gasteiger partial charge in [0, 0.05) is 19.0 Å². The smallest absolute Gasteiger partial charge is 0.303 e. The highest BCUT2D eigenvalue weighted by atomic mass is 16.4. The largest absolute Gasteiger partial charge is 0.481 e. The van der Waals surface area contributed by atoms with Crippen molar-refractivity contribution in [1.82, 2.24) is 4.90 Å². The Morgan fingerprint density at radius 1 is 1.25 bits per heavy atom. The van der Waals surface area contributed by atoms with Crippen LogP contribution in [0.3, 0.4) is 0 Å². The molecule has 3 heteroatoms. The number of hydrogen-bond donors (Lipinski definition) is 1. The molecule has 2 fully saturated rings. The second kappa shape index (κ2) is 5.17. The van der Waals surface area contributed by atoms with E-state index >= 15 is 0 Å². The summed E-state index contributed by atoms with van der Waals surface area (Å²) in [6.07, 6.45) is 6.79. The molecule has 1 saturated heterocycles. The van der Waals surface area contributed by atoms with Gasteiger partial charge >= 0.3 is 5.97 Å².